The van der Waals surface area contributed by atoms with E-state index in [1.807, 2.05) is 32.3 Å². The average molecular weight is 421 g/mol. The lowest BCUT2D eigenvalue weighted by molar-refractivity contribution is -0.137. The van der Waals surface area contributed by atoms with Gasteiger partial charge in [-0.25, -0.2) is 4.98 Å². The highest BCUT2D eigenvalue weighted by molar-refractivity contribution is 5.84. The van der Waals surface area contributed by atoms with Crippen LogP contribution in [0, 0.1) is 0 Å². The molecule has 0 saturated heterocycles. The van der Waals surface area contributed by atoms with E-state index in [4.69, 9.17) is 0 Å². The van der Waals surface area contributed by atoms with Gasteiger partial charge in [0.2, 0.25) is 0 Å². The van der Waals surface area contributed by atoms with Crippen LogP contribution in [0.15, 0.2) is 66.7 Å². The number of nitrogens with one attached hydrogen (secondary N) is 1. The van der Waals surface area contributed by atoms with E-state index in [0.717, 1.165) is 35.3 Å². The molecule has 3 nitrogen and oxygen atoms in total. The highest BCUT2D eigenvalue weighted by Gasteiger charge is 2.29. The van der Waals surface area contributed by atoms with Gasteiger partial charge < -0.3 is 9.88 Å². The Bertz CT molecular complexity index is 1220. The van der Waals surface area contributed by atoms with E-state index < -0.39 is 11.7 Å². The Hall–Kier alpha value is -3.38. The van der Waals surface area contributed by atoms with Crippen molar-refractivity contribution in [2.75, 3.05) is 14.1 Å². The van der Waals surface area contributed by atoms with E-state index in [2.05, 4.69) is 39.1 Å². The number of halogens is 3. The lowest BCUT2D eigenvalue weighted by Gasteiger charge is -2.14. The van der Waals surface area contributed by atoms with Crippen molar-refractivity contribution in [3.05, 3.63) is 89.2 Å². The van der Waals surface area contributed by atoms with Crippen molar-refractivity contribution in [2.24, 2.45) is 0 Å². The molecule has 4 aromatic rings. The van der Waals surface area contributed by atoms with Crippen molar-refractivity contribution in [2.45, 2.75) is 12.7 Å². The molecule has 0 unspecified atom stereocenters. The zero-order valence-corrected chi connectivity index (χ0v) is 17.2. The summed E-state index contributed by atoms with van der Waals surface area (Å²) in [6.45, 7) is 0.846. The van der Waals surface area contributed by atoms with Gasteiger partial charge in [0, 0.05) is 6.54 Å². The van der Waals surface area contributed by atoms with E-state index in [-0.39, 0.29) is 0 Å². The first-order chi connectivity index (χ1) is 14.8. The SMILES string of the molecule is CN(C)Cc1ccccc1-c1ccc2nc(C=Cc3ccc(C(F)(F)F)cc3)[nH]c2c1. The van der Waals surface area contributed by atoms with Gasteiger partial charge in [0.1, 0.15) is 5.82 Å². The van der Waals surface area contributed by atoms with E-state index in [0.29, 0.717) is 11.4 Å². The molecule has 0 aliphatic heterocycles. The molecule has 0 spiro atoms. The van der Waals surface area contributed by atoms with Gasteiger partial charge in [-0.3, -0.25) is 0 Å². The summed E-state index contributed by atoms with van der Waals surface area (Å²) in [5, 5.41) is 0. The molecule has 0 bridgehead atoms. The maximum atomic E-state index is 12.7. The Kier molecular flexibility index (Phi) is 5.65. The molecular weight excluding hydrogens is 399 g/mol. The van der Waals surface area contributed by atoms with E-state index in [1.54, 1.807) is 12.2 Å². The summed E-state index contributed by atoms with van der Waals surface area (Å²) in [6.07, 6.45) is -0.822. The Morgan fingerprint density at radius 3 is 2.39 bits per heavy atom. The van der Waals surface area contributed by atoms with Crippen LogP contribution in [0.25, 0.3) is 34.3 Å². The minimum atomic E-state index is -4.33. The van der Waals surface area contributed by atoms with Gasteiger partial charge in [0.15, 0.2) is 0 Å². The molecule has 0 radical (unpaired) electrons. The highest BCUT2D eigenvalue weighted by Crippen LogP contribution is 2.30. The number of imidazole rings is 1. The summed E-state index contributed by atoms with van der Waals surface area (Å²) >= 11 is 0. The third kappa shape index (κ3) is 4.86. The van der Waals surface area contributed by atoms with Crippen LogP contribution in [-0.2, 0) is 12.7 Å². The Labute approximate surface area is 178 Å². The first kappa shape index (κ1) is 20.9. The normalized spacial score (nSPS) is 12.3. The molecule has 0 saturated carbocycles. The minimum Gasteiger partial charge on any atom is -0.338 e. The van der Waals surface area contributed by atoms with Crippen LogP contribution in [-0.4, -0.2) is 29.0 Å². The number of aromatic nitrogens is 2. The number of hydrogen-bond donors (Lipinski definition) is 1. The Morgan fingerprint density at radius 1 is 0.935 bits per heavy atom. The fourth-order valence-electron chi connectivity index (χ4n) is 3.51. The molecule has 0 atom stereocenters. The van der Waals surface area contributed by atoms with Crippen molar-refractivity contribution >= 4 is 23.2 Å². The van der Waals surface area contributed by atoms with Crippen LogP contribution in [0.3, 0.4) is 0 Å². The average Bonchev–Trinajstić information content (AvgIpc) is 3.14. The van der Waals surface area contributed by atoms with Crippen molar-refractivity contribution in [3.8, 4) is 11.1 Å². The molecule has 0 aliphatic carbocycles. The molecule has 1 N–H and O–H groups in total. The molecular formula is C25H22F3N3. The van der Waals surface area contributed by atoms with Gasteiger partial charge in [-0.1, -0.05) is 48.5 Å². The lowest BCUT2D eigenvalue weighted by Crippen LogP contribution is -2.11. The van der Waals surface area contributed by atoms with Gasteiger partial charge in [-0.15, -0.1) is 0 Å². The van der Waals surface area contributed by atoms with Crippen LogP contribution < -0.4 is 0 Å². The first-order valence-electron chi connectivity index (χ1n) is 9.88. The highest BCUT2D eigenvalue weighted by atomic mass is 19.4. The summed E-state index contributed by atoms with van der Waals surface area (Å²) in [6, 6.07) is 19.5. The first-order valence-corrected chi connectivity index (χ1v) is 9.88. The third-order valence-corrected chi connectivity index (χ3v) is 4.99. The summed E-state index contributed by atoms with van der Waals surface area (Å²) < 4.78 is 38.1. The molecule has 31 heavy (non-hydrogen) atoms. The molecule has 3 aromatic carbocycles. The van der Waals surface area contributed by atoms with Crippen molar-refractivity contribution in [1.29, 1.82) is 0 Å². The number of alkyl halides is 3. The maximum Gasteiger partial charge on any atom is 0.416 e. The molecule has 6 heteroatoms. The number of hydrogen-bond acceptors (Lipinski definition) is 2. The molecule has 4 rings (SSSR count). The predicted molar refractivity (Wildman–Crippen MR) is 119 cm³/mol. The fourth-order valence-corrected chi connectivity index (χ4v) is 3.51. The topological polar surface area (TPSA) is 31.9 Å². The van der Waals surface area contributed by atoms with Crippen molar-refractivity contribution in [1.82, 2.24) is 14.9 Å². The standard InChI is InChI=1S/C25H22F3N3/c1-31(2)16-19-5-3-4-6-21(19)18-10-13-22-23(15-18)30-24(29-22)14-9-17-7-11-20(12-8-17)25(26,27)28/h3-15H,16H2,1-2H3,(H,29,30). The summed E-state index contributed by atoms with van der Waals surface area (Å²) in [4.78, 5) is 9.98. The number of benzene rings is 3. The third-order valence-electron chi connectivity index (χ3n) is 4.99. The van der Waals surface area contributed by atoms with E-state index in [1.165, 1.54) is 23.3 Å². The van der Waals surface area contributed by atoms with Crippen LogP contribution in [0.4, 0.5) is 13.2 Å². The molecule has 0 fully saturated rings. The van der Waals surface area contributed by atoms with Crippen LogP contribution in [0.5, 0.6) is 0 Å². The van der Waals surface area contributed by atoms with Crippen molar-refractivity contribution < 1.29 is 13.2 Å². The summed E-state index contributed by atoms with van der Waals surface area (Å²) in [7, 11) is 4.09. The van der Waals surface area contributed by atoms with Crippen LogP contribution in [0.1, 0.15) is 22.5 Å². The zero-order chi connectivity index (χ0) is 22.0. The molecule has 0 amide bonds. The van der Waals surface area contributed by atoms with Gasteiger partial charge in [0.05, 0.1) is 16.6 Å². The minimum absolute atomic E-state index is 0.647. The van der Waals surface area contributed by atoms with Crippen molar-refractivity contribution in [3.63, 3.8) is 0 Å². The van der Waals surface area contributed by atoms with Crippen LogP contribution >= 0.6 is 0 Å². The lowest BCUT2D eigenvalue weighted by atomic mass is 9.99. The zero-order valence-electron chi connectivity index (χ0n) is 17.2. The van der Waals surface area contributed by atoms with Gasteiger partial charge in [0.25, 0.3) is 0 Å². The Morgan fingerprint density at radius 2 is 1.68 bits per heavy atom. The number of aromatic amines is 1. The largest absolute Gasteiger partial charge is 0.416 e. The fraction of sp³-hybridized carbons (Fsp3) is 0.160. The second-order valence-electron chi connectivity index (χ2n) is 7.70. The van der Waals surface area contributed by atoms with Gasteiger partial charge in [-0.2, -0.15) is 13.2 Å². The maximum absolute atomic E-state index is 12.7. The predicted octanol–water partition coefficient (Wildman–Crippen LogP) is 6.48. The quantitative estimate of drug-likeness (QED) is 0.400. The van der Waals surface area contributed by atoms with Crippen LogP contribution in [0.2, 0.25) is 0 Å². The summed E-state index contributed by atoms with van der Waals surface area (Å²) in [5.41, 5.74) is 5.28. The number of nitrogens with zero attached hydrogens (tertiary/aromatic N) is 2. The van der Waals surface area contributed by atoms with E-state index >= 15 is 0 Å². The monoisotopic (exact) mass is 421 g/mol. The van der Waals surface area contributed by atoms with Gasteiger partial charge >= 0.3 is 6.18 Å². The number of H-pyrrole nitrogens is 1. The molecule has 1 aromatic heterocycles. The molecule has 0 aliphatic rings. The summed E-state index contributed by atoms with van der Waals surface area (Å²) in [5.74, 6) is 0.647. The van der Waals surface area contributed by atoms with E-state index in [9.17, 15) is 13.2 Å². The molecule has 1 heterocycles. The van der Waals surface area contributed by atoms with Gasteiger partial charge in [-0.05, 0) is 66.7 Å². The Balaban J connectivity index is 1.59. The second-order valence-corrected chi connectivity index (χ2v) is 7.70. The smallest absolute Gasteiger partial charge is 0.338 e. The number of fused-ring (bicyclic) bond motifs is 1. The molecule has 158 valence electrons. The number of rotatable bonds is 5. The second kappa shape index (κ2) is 8.40.